The van der Waals surface area contributed by atoms with Crippen molar-refractivity contribution in [2.24, 2.45) is 5.92 Å². The number of amides is 2. The number of anilines is 1. The van der Waals surface area contributed by atoms with E-state index in [4.69, 9.17) is 0 Å². The number of carbonyl (C=O) groups is 2. The lowest BCUT2D eigenvalue weighted by Crippen LogP contribution is -2.43. The molecule has 0 unspecified atom stereocenters. The number of rotatable bonds is 6. The zero-order valence-corrected chi connectivity index (χ0v) is 20.5. The first-order chi connectivity index (χ1) is 15.8. The third-order valence-electron chi connectivity index (χ3n) is 7.20. The van der Waals surface area contributed by atoms with E-state index in [2.05, 4.69) is 11.4 Å². The first-order valence-corrected chi connectivity index (χ1v) is 13.6. The van der Waals surface area contributed by atoms with Gasteiger partial charge >= 0.3 is 0 Å². The second kappa shape index (κ2) is 9.97. The van der Waals surface area contributed by atoms with E-state index in [9.17, 15) is 18.0 Å². The lowest BCUT2D eigenvalue weighted by molar-refractivity contribution is -0.126. The molecule has 180 valence electrons. The topological polar surface area (TPSA) is 86.8 Å². The number of piperidine rings is 1. The number of hydrogen-bond donors (Lipinski definition) is 1. The molecule has 33 heavy (non-hydrogen) atoms. The summed E-state index contributed by atoms with van der Waals surface area (Å²) in [5.74, 6) is -0.131. The average molecular weight is 474 g/mol. The Morgan fingerprint density at radius 3 is 2.58 bits per heavy atom. The van der Waals surface area contributed by atoms with Gasteiger partial charge in [0.25, 0.3) is 0 Å². The van der Waals surface area contributed by atoms with Gasteiger partial charge in [0.1, 0.15) is 0 Å². The quantitative estimate of drug-likeness (QED) is 0.642. The Labute approximate surface area is 197 Å². The van der Waals surface area contributed by atoms with Gasteiger partial charge in [0.15, 0.2) is 0 Å². The summed E-state index contributed by atoms with van der Waals surface area (Å²) in [5.41, 5.74) is 3.13. The highest BCUT2D eigenvalue weighted by Gasteiger charge is 2.34. The molecule has 0 radical (unpaired) electrons. The minimum atomic E-state index is -3.63. The van der Waals surface area contributed by atoms with Crippen LogP contribution in [0, 0.1) is 5.92 Å². The normalized spacial score (nSPS) is 22.1. The summed E-state index contributed by atoms with van der Waals surface area (Å²) in [5, 5.41) is 3.05. The van der Waals surface area contributed by atoms with E-state index in [-0.39, 0.29) is 28.7 Å². The van der Waals surface area contributed by atoms with Crippen LogP contribution >= 0.6 is 0 Å². The van der Waals surface area contributed by atoms with Crippen LogP contribution in [0.25, 0.3) is 0 Å². The number of fused-ring (bicyclic) bond motifs is 1. The molecule has 8 heteroatoms. The van der Waals surface area contributed by atoms with Gasteiger partial charge in [-0.3, -0.25) is 9.59 Å². The summed E-state index contributed by atoms with van der Waals surface area (Å²) in [6.07, 6.45) is 9.73. The molecule has 0 spiro atoms. The predicted octanol–water partition coefficient (Wildman–Crippen LogP) is 3.39. The van der Waals surface area contributed by atoms with Crippen molar-refractivity contribution in [3.63, 3.8) is 0 Å². The van der Waals surface area contributed by atoms with E-state index in [0.29, 0.717) is 38.9 Å². The fourth-order valence-corrected chi connectivity index (χ4v) is 6.90. The molecule has 4 rings (SSSR count). The maximum Gasteiger partial charge on any atom is 0.243 e. The van der Waals surface area contributed by atoms with E-state index < -0.39 is 10.0 Å². The van der Waals surface area contributed by atoms with Crippen LogP contribution in [0.4, 0.5) is 5.69 Å². The highest BCUT2D eigenvalue weighted by Crippen LogP contribution is 2.35. The van der Waals surface area contributed by atoms with Gasteiger partial charge in [-0.25, -0.2) is 8.42 Å². The fraction of sp³-hybridized carbons (Fsp3) is 0.600. The van der Waals surface area contributed by atoms with Gasteiger partial charge in [-0.2, -0.15) is 4.31 Å². The molecule has 3 aliphatic rings. The number of allylic oxidation sites excluding steroid dienone is 1. The van der Waals surface area contributed by atoms with Gasteiger partial charge in [-0.05, 0) is 82.1 Å². The molecule has 1 saturated heterocycles. The maximum atomic E-state index is 13.2. The van der Waals surface area contributed by atoms with Crippen LogP contribution in [-0.4, -0.2) is 50.2 Å². The summed E-state index contributed by atoms with van der Waals surface area (Å²) >= 11 is 0. The van der Waals surface area contributed by atoms with Crippen LogP contribution in [-0.2, 0) is 26.0 Å². The summed E-state index contributed by atoms with van der Waals surface area (Å²) < 4.78 is 28.0. The zero-order chi connectivity index (χ0) is 23.6. The van der Waals surface area contributed by atoms with E-state index in [0.717, 1.165) is 30.5 Å². The molecule has 1 N–H and O–H groups in total. The minimum absolute atomic E-state index is 0.0270. The lowest BCUT2D eigenvalue weighted by atomic mass is 9.96. The molecule has 0 bridgehead atoms. The molecule has 1 aromatic carbocycles. The number of carbonyl (C=O) groups excluding carboxylic acids is 2. The molecule has 2 aliphatic heterocycles. The summed E-state index contributed by atoms with van der Waals surface area (Å²) in [6, 6.07) is 5.08. The van der Waals surface area contributed by atoms with Crippen LogP contribution < -0.4 is 10.2 Å². The molecular weight excluding hydrogens is 438 g/mol. The molecule has 1 aromatic rings. The summed E-state index contributed by atoms with van der Waals surface area (Å²) in [4.78, 5) is 26.5. The van der Waals surface area contributed by atoms with Crippen molar-refractivity contribution in [1.29, 1.82) is 0 Å². The standard InChI is InChI=1S/C25H35N3O4S/c1-18-16-22-17-23(8-9-24(22)28(18)19(2)29)33(31,32)27-14-11-21(12-15-27)25(30)26-13-10-20-6-4-3-5-7-20/h6,8-9,17-18,21H,3-5,7,10-16H2,1-2H3,(H,26,30)/t18-/m0/s1. The van der Waals surface area contributed by atoms with Gasteiger partial charge in [0.2, 0.25) is 21.8 Å². The van der Waals surface area contributed by atoms with Crippen LogP contribution in [0.15, 0.2) is 34.7 Å². The maximum absolute atomic E-state index is 13.2. The van der Waals surface area contributed by atoms with Crippen molar-refractivity contribution in [2.75, 3.05) is 24.5 Å². The van der Waals surface area contributed by atoms with Crippen molar-refractivity contribution >= 4 is 27.5 Å². The third kappa shape index (κ3) is 5.17. The SMILES string of the molecule is CC(=O)N1c2ccc(S(=O)(=O)N3CCC(C(=O)NCCC4=CCCCC4)CC3)cc2C[C@@H]1C. The average Bonchev–Trinajstić information content (AvgIpc) is 3.15. The van der Waals surface area contributed by atoms with Crippen molar-refractivity contribution in [3.05, 3.63) is 35.4 Å². The Hall–Kier alpha value is -2.19. The lowest BCUT2D eigenvalue weighted by Gasteiger charge is -2.30. The number of nitrogens with one attached hydrogen (secondary N) is 1. The predicted molar refractivity (Wildman–Crippen MR) is 128 cm³/mol. The molecule has 0 aromatic heterocycles. The van der Waals surface area contributed by atoms with E-state index in [1.54, 1.807) is 23.1 Å². The second-order valence-electron chi connectivity index (χ2n) is 9.56. The van der Waals surface area contributed by atoms with Crippen LogP contribution in [0.1, 0.15) is 64.4 Å². The molecule has 1 fully saturated rings. The Morgan fingerprint density at radius 2 is 1.91 bits per heavy atom. The Balaban J connectivity index is 1.33. The van der Waals surface area contributed by atoms with Crippen molar-refractivity contribution in [3.8, 4) is 0 Å². The molecule has 1 aliphatic carbocycles. The minimum Gasteiger partial charge on any atom is -0.356 e. The van der Waals surface area contributed by atoms with Gasteiger partial charge in [0.05, 0.1) is 4.90 Å². The molecule has 0 saturated carbocycles. The Kier molecular flexibility index (Phi) is 7.24. The van der Waals surface area contributed by atoms with E-state index >= 15 is 0 Å². The fourth-order valence-electron chi connectivity index (χ4n) is 5.38. The highest BCUT2D eigenvalue weighted by molar-refractivity contribution is 7.89. The van der Waals surface area contributed by atoms with Crippen LogP contribution in [0.2, 0.25) is 0 Å². The Morgan fingerprint density at radius 1 is 1.15 bits per heavy atom. The number of sulfonamides is 1. The van der Waals surface area contributed by atoms with Crippen LogP contribution in [0.5, 0.6) is 0 Å². The molecule has 7 nitrogen and oxygen atoms in total. The first kappa shape index (κ1) is 24.0. The summed E-state index contributed by atoms with van der Waals surface area (Å²) in [6.45, 7) is 4.85. The molecule has 1 atom stereocenters. The zero-order valence-electron chi connectivity index (χ0n) is 19.7. The number of benzene rings is 1. The van der Waals surface area contributed by atoms with Gasteiger partial charge < -0.3 is 10.2 Å². The smallest absolute Gasteiger partial charge is 0.243 e. The monoisotopic (exact) mass is 473 g/mol. The summed E-state index contributed by atoms with van der Waals surface area (Å²) in [7, 11) is -3.63. The highest BCUT2D eigenvalue weighted by atomic mass is 32.2. The second-order valence-corrected chi connectivity index (χ2v) is 11.5. The van der Waals surface area contributed by atoms with Crippen molar-refractivity contribution in [2.45, 2.75) is 76.2 Å². The third-order valence-corrected chi connectivity index (χ3v) is 9.09. The van der Waals surface area contributed by atoms with E-state index in [1.165, 1.54) is 29.6 Å². The molecule has 2 amide bonds. The molecular formula is C25H35N3O4S. The molecule has 2 heterocycles. The van der Waals surface area contributed by atoms with E-state index in [1.807, 2.05) is 6.92 Å². The van der Waals surface area contributed by atoms with Crippen molar-refractivity contribution in [1.82, 2.24) is 9.62 Å². The Bertz CT molecular complexity index is 1040. The van der Waals surface area contributed by atoms with Gasteiger partial charge in [0, 0.05) is 44.2 Å². The van der Waals surface area contributed by atoms with Crippen LogP contribution in [0.3, 0.4) is 0 Å². The van der Waals surface area contributed by atoms with Gasteiger partial charge in [-0.15, -0.1) is 0 Å². The number of hydrogen-bond acceptors (Lipinski definition) is 4. The number of nitrogens with zero attached hydrogens (tertiary/aromatic N) is 2. The first-order valence-electron chi connectivity index (χ1n) is 12.2. The van der Waals surface area contributed by atoms with Crippen molar-refractivity contribution < 1.29 is 18.0 Å². The largest absolute Gasteiger partial charge is 0.356 e. The van der Waals surface area contributed by atoms with Gasteiger partial charge in [-0.1, -0.05) is 11.6 Å².